The minimum Gasteiger partial charge on any atom is -0.464 e. The van der Waals surface area contributed by atoms with Crippen molar-refractivity contribution in [3.8, 4) is 0 Å². The standard InChI is InChI=1S/C19H37NO3/c1-5-8-9-10-11-12-13-14-15-16-18(21)20(6-2)17(4)19(22)23-7-3/h17H,5-16H2,1-4H3/t17-/m1/s1. The molecule has 0 rings (SSSR count). The van der Waals surface area contributed by atoms with E-state index < -0.39 is 6.04 Å². The molecule has 136 valence electrons. The minimum atomic E-state index is -0.481. The van der Waals surface area contributed by atoms with Crippen LogP contribution in [0.2, 0.25) is 0 Å². The predicted molar refractivity (Wildman–Crippen MR) is 95.3 cm³/mol. The van der Waals surface area contributed by atoms with Crippen molar-refractivity contribution in [1.82, 2.24) is 4.90 Å². The molecule has 0 aromatic rings. The zero-order chi connectivity index (χ0) is 17.5. The topological polar surface area (TPSA) is 46.6 Å². The van der Waals surface area contributed by atoms with E-state index in [9.17, 15) is 9.59 Å². The van der Waals surface area contributed by atoms with Gasteiger partial charge in [0.15, 0.2) is 0 Å². The van der Waals surface area contributed by atoms with E-state index in [1.807, 2.05) is 6.92 Å². The lowest BCUT2D eigenvalue weighted by Gasteiger charge is -2.26. The van der Waals surface area contributed by atoms with Gasteiger partial charge in [0.1, 0.15) is 6.04 Å². The maximum absolute atomic E-state index is 12.2. The van der Waals surface area contributed by atoms with E-state index in [1.165, 1.54) is 44.9 Å². The molecule has 0 fully saturated rings. The molecule has 0 aromatic heterocycles. The number of rotatable bonds is 14. The third-order valence-corrected chi connectivity index (χ3v) is 4.25. The number of ether oxygens (including phenoxy) is 1. The Morgan fingerprint density at radius 1 is 0.870 bits per heavy atom. The van der Waals surface area contributed by atoms with Gasteiger partial charge in [0.05, 0.1) is 6.61 Å². The number of likely N-dealkylation sites (N-methyl/N-ethyl adjacent to an activating group) is 1. The largest absolute Gasteiger partial charge is 0.464 e. The van der Waals surface area contributed by atoms with Crippen LogP contribution in [-0.4, -0.2) is 36.0 Å². The van der Waals surface area contributed by atoms with E-state index >= 15 is 0 Å². The molecular weight excluding hydrogens is 290 g/mol. The molecule has 0 aliphatic carbocycles. The Hall–Kier alpha value is -1.06. The number of carbonyl (C=O) groups excluding carboxylic acids is 2. The second-order valence-electron chi connectivity index (χ2n) is 6.19. The van der Waals surface area contributed by atoms with Gasteiger partial charge in [0, 0.05) is 13.0 Å². The van der Waals surface area contributed by atoms with Crippen LogP contribution in [0.25, 0.3) is 0 Å². The lowest BCUT2D eigenvalue weighted by Crippen LogP contribution is -2.43. The maximum Gasteiger partial charge on any atom is 0.328 e. The van der Waals surface area contributed by atoms with Crippen molar-refractivity contribution in [2.75, 3.05) is 13.2 Å². The van der Waals surface area contributed by atoms with E-state index in [4.69, 9.17) is 4.74 Å². The summed E-state index contributed by atoms with van der Waals surface area (Å²) >= 11 is 0. The summed E-state index contributed by atoms with van der Waals surface area (Å²) in [7, 11) is 0. The number of esters is 1. The van der Waals surface area contributed by atoms with Gasteiger partial charge in [-0.3, -0.25) is 4.79 Å². The summed E-state index contributed by atoms with van der Waals surface area (Å²) in [5, 5.41) is 0. The van der Waals surface area contributed by atoms with Crippen LogP contribution in [0.1, 0.15) is 91.9 Å². The number of unbranched alkanes of at least 4 members (excludes halogenated alkanes) is 8. The molecule has 0 N–H and O–H groups in total. The van der Waals surface area contributed by atoms with Crippen LogP contribution in [0.15, 0.2) is 0 Å². The van der Waals surface area contributed by atoms with Crippen molar-refractivity contribution in [2.24, 2.45) is 0 Å². The highest BCUT2D eigenvalue weighted by molar-refractivity contribution is 5.84. The molecule has 4 nitrogen and oxygen atoms in total. The van der Waals surface area contributed by atoms with Crippen LogP contribution in [0.5, 0.6) is 0 Å². The van der Waals surface area contributed by atoms with Crippen LogP contribution < -0.4 is 0 Å². The second-order valence-corrected chi connectivity index (χ2v) is 6.19. The fourth-order valence-electron chi connectivity index (χ4n) is 2.79. The Bertz CT molecular complexity index is 318. The first-order valence-electron chi connectivity index (χ1n) is 9.54. The van der Waals surface area contributed by atoms with Crippen LogP contribution in [0, 0.1) is 0 Å². The van der Waals surface area contributed by atoms with Crippen molar-refractivity contribution in [3.63, 3.8) is 0 Å². The first-order chi connectivity index (χ1) is 11.1. The summed E-state index contributed by atoms with van der Waals surface area (Å²) in [6.45, 7) is 8.58. The number of hydrogen-bond acceptors (Lipinski definition) is 3. The first kappa shape index (κ1) is 21.9. The van der Waals surface area contributed by atoms with Crippen LogP contribution in [-0.2, 0) is 14.3 Å². The second kappa shape index (κ2) is 14.5. The molecule has 4 heteroatoms. The smallest absolute Gasteiger partial charge is 0.328 e. The molecule has 1 atom stereocenters. The highest BCUT2D eigenvalue weighted by Crippen LogP contribution is 2.12. The molecule has 0 saturated heterocycles. The summed E-state index contributed by atoms with van der Waals surface area (Å²) in [4.78, 5) is 25.6. The number of carbonyl (C=O) groups is 2. The lowest BCUT2D eigenvalue weighted by atomic mass is 10.1. The molecule has 0 aromatic carbocycles. The highest BCUT2D eigenvalue weighted by atomic mass is 16.5. The Balaban J connectivity index is 3.83. The van der Waals surface area contributed by atoms with Gasteiger partial charge in [-0.05, 0) is 27.2 Å². The van der Waals surface area contributed by atoms with Gasteiger partial charge in [0.25, 0.3) is 0 Å². The Kier molecular flexibility index (Phi) is 13.9. The lowest BCUT2D eigenvalue weighted by molar-refractivity contribution is -0.154. The van der Waals surface area contributed by atoms with Crippen molar-refractivity contribution in [3.05, 3.63) is 0 Å². The maximum atomic E-state index is 12.2. The van der Waals surface area contributed by atoms with Gasteiger partial charge in [-0.2, -0.15) is 0 Å². The summed E-state index contributed by atoms with van der Waals surface area (Å²) in [6.07, 6.45) is 11.7. The molecule has 1 amide bonds. The van der Waals surface area contributed by atoms with Gasteiger partial charge in [-0.15, -0.1) is 0 Å². The Morgan fingerprint density at radius 3 is 1.87 bits per heavy atom. The Morgan fingerprint density at radius 2 is 1.39 bits per heavy atom. The first-order valence-corrected chi connectivity index (χ1v) is 9.54. The molecule has 0 saturated carbocycles. The van der Waals surface area contributed by atoms with Gasteiger partial charge in [-0.25, -0.2) is 4.79 Å². The molecule has 0 aliphatic rings. The van der Waals surface area contributed by atoms with Crippen LogP contribution >= 0.6 is 0 Å². The zero-order valence-electron chi connectivity index (χ0n) is 15.7. The van der Waals surface area contributed by atoms with Crippen LogP contribution in [0.3, 0.4) is 0 Å². The van der Waals surface area contributed by atoms with Gasteiger partial charge < -0.3 is 9.64 Å². The summed E-state index contributed by atoms with van der Waals surface area (Å²) in [6, 6.07) is -0.481. The third kappa shape index (κ3) is 10.4. The van der Waals surface area contributed by atoms with Crippen molar-refractivity contribution >= 4 is 11.9 Å². The van der Waals surface area contributed by atoms with Gasteiger partial charge >= 0.3 is 5.97 Å². The van der Waals surface area contributed by atoms with Crippen molar-refractivity contribution in [2.45, 2.75) is 97.9 Å². The van der Waals surface area contributed by atoms with Gasteiger partial charge in [-0.1, -0.05) is 58.3 Å². The minimum absolute atomic E-state index is 0.0657. The van der Waals surface area contributed by atoms with Crippen LogP contribution in [0.4, 0.5) is 0 Å². The van der Waals surface area contributed by atoms with E-state index in [0.717, 1.165) is 12.8 Å². The highest BCUT2D eigenvalue weighted by Gasteiger charge is 2.24. The predicted octanol–water partition coefficient (Wildman–Crippen LogP) is 4.71. The molecule has 0 spiro atoms. The number of hydrogen-bond donors (Lipinski definition) is 0. The molecule has 0 heterocycles. The summed E-state index contributed by atoms with van der Waals surface area (Å²) in [5.74, 6) is -0.245. The summed E-state index contributed by atoms with van der Waals surface area (Å²) < 4.78 is 5.00. The quantitative estimate of drug-likeness (QED) is 0.343. The zero-order valence-corrected chi connectivity index (χ0v) is 15.7. The number of nitrogens with zero attached hydrogens (tertiary/aromatic N) is 1. The SMILES string of the molecule is CCCCCCCCCCCC(=O)N(CC)[C@H](C)C(=O)OCC. The average molecular weight is 328 g/mol. The molecule has 0 bridgehead atoms. The summed E-state index contributed by atoms with van der Waals surface area (Å²) in [5.41, 5.74) is 0. The molecular formula is C19H37NO3. The van der Waals surface area contributed by atoms with E-state index in [2.05, 4.69) is 6.92 Å². The normalized spacial score (nSPS) is 12.0. The molecule has 0 aliphatic heterocycles. The third-order valence-electron chi connectivity index (χ3n) is 4.25. The monoisotopic (exact) mass is 327 g/mol. The fraction of sp³-hybridized carbons (Fsp3) is 0.895. The van der Waals surface area contributed by atoms with Gasteiger partial charge in [0.2, 0.25) is 5.91 Å². The number of amides is 1. The Labute approximate surface area is 143 Å². The molecule has 0 unspecified atom stereocenters. The molecule has 0 radical (unpaired) electrons. The van der Waals surface area contributed by atoms with E-state index in [1.54, 1.807) is 18.7 Å². The van der Waals surface area contributed by atoms with Crippen molar-refractivity contribution < 1.29 is 14.3 Å². The fourth-order valence-corrected chi connectivity index (χ4v) is 2.79. The average Bonchev–Trinajstić information content (AvgIpc) is 2.54. The van der Waals surface area contributed by atoms with E-state index in [0.29, 0.717) is 19.6 Å². The van der Waals surface area contributed by atoms with E-state index in [-0.39, 0.29) is 11.9 Å². The molecule has 23 heavy (non-hydrogen) atoms. The van der Waals surface area contributed by atoms with Crippen molar-refractivity contribution in [1.29, 1.82) is 0 Å².